The first-order valence-corrected chi connectivity index (χ1v) is 9.67. The Kier molecular flexibility index (Phi) is 4.04. The van der Waals surface area contributed by atoms with E-state index in [4.69, 9.17) is 9.72 Å². The number of hydrogen-bond acceptors (Lipinski definition) is 5. The molecule has 1 aromatic carbocycles. The van der Waals surface area contributed by atoms with E-state index in [0.29, 0.717) is 17.6 Å². The van der Waals surface area contributed by atoms with Gasteiger partial charge in [0.05, 0.1) is 18.3 Å². The highest BCUT2D eigenvalue weighted by atomic mass is 79.9. The first-order chi connectivity index (χ1) is 12.0. The van der Waals surface area contributed by atoms with Crippen LogP contribution in [0.25, 0.3) is 16.4 Å². The molecule has 0 aliphatic carbocycles. The Hall–Kier alpha value is -1.93. The number of ether oxygens (including phenoxy) is 1. The van der Waals surface area contributed by atoms with E-state index in [1.54, 1.807) is 4.57 Å². The highest BCUT2D eigenvalue weighted by Crippen LogP contribution is 2.39. The second kappa shape index (κ2) is 6.10. The molecule has 0 unspecified atom stereocenters. The zero-order chi connectivity index (χ0) is 17.7. The Balaban J connectivity index is 1.89. The monoisotopic (exact) mass is 420 g/mol. The minimum atomic E-state index is -0.149. The zero-order valence-corrected chi connectivity index (χ0v) is 16.5. The fraction of sp³-hybridized carbons (Fsp3) is 0.353. The van der Waals surface area contributed by atoms with Crippen molar-refractivity contribution in [3.63, 3.8) is 0 Å². The van der Waals surface area contributed by atoms with Crippen LogP contribution in [0, 0.1) is 6.92 Å². The number of halogens is 1. The molecule has 0 fully saturated rings. The zero-order valence-electron chi connectivity index (χ0n) is 14.1. The van der Waals surface area contributed by atoms with Crippen molar-refractivity contribution in [1.29, 1.82) is 0 Å². The van der Waals surface area contributed by atoms with Gasteiger partial charge in [-0.25, -0.2) is 19.0 Å². The van der Waals surface area contributed by atoms with E-state index in [1.807, 2.05) is 39.0 Å². The van der Waals surface area contributed by atoms with Crippen LogP contribution in [0.2, 0.25) is 0 Å². The molecule has 3 heterocycles. The second-order valence-corrected chi connectivity index (χ2v) is 8.19. The summed E-state index contributed by atoms with van der Waals surface area (Å²) in [5.74, 6) is 1.46. The van der Waals surface area contributed by atoms with Gasteiger partial charge in [0, 0.05) is 21.3 Å². The molecule has 0 atom stereocenters. The number of aryl methyl sites for hydroxylation is 1. The van der Waals surface area contributed by atoms with Crippen molar-refractivity contribution in [3.05, 3.63) is 43.9 Å². The van der Waals surface area contributed by atoms with Crippen LogP contribution in [0.15, 0.2) is 27.5 Å². The van der Waals surface area contributed by atoms with Gasteiger partial charge in [-0.05, 0) is 39.0 Å². The summed E-state index contributed by atoms with van der Waals surface area (Å²) in [4.78, 5) is 18.6. The summed E-state index contributed by atoms with van der Waals surface area (Å²) in [7, 11) is 0. The van der Waals surface area contributed by atoms with E-state index < -0.39 is 0 Å². The van der Waals surface area contributed by atoms with Gasteiger partial charge in [0.15, 0.2) is 5.13 Å². The maximum absolute atomic E-state index is 12.7. The van der Waals surface area contributed by atoms with Crippen molar-refractivity contribution in [2.45, 2.75) is 33.2 Å². The molecule has 0 saturated carbocycles. The standard InChI is InChI=1S/C17H17BrN4O2S/c1-9(2)22-17(23)21(10(3)20-22)16-19-15-12-5-4-11(18)8-13(12)24-7-6-14(15)25-16/h4-5,8-9H,6-7H2,1-3H3. The van der Waals surface area contributed by atoms with E-state index in [1.165, 1.54) is 16.0 Å². The number of thiazole rings is 1. The summed E-state index contributed by atoms with van der Waals surface area (Å²) in [6, 6.07) is 5.94. The van der Waals surface area contributed by atoms with Gasteiger partial charge in [0.2, 0.25) is 0 Å². The first kappa shape index (κ1) is 16.5. The Labute approximate surface area is 157 Å². The number of benzene rings is 1. The van der Waals surface area contributed by atoms with Crippen molar-refractivity contribution in [1.82, 2.24) is 19.3 Å². The van der Waals surface area contributed by atoms with Crippen molar-refractivity contribution in [3.8, 4) is 22.1 Å². The average Bonchev–Trinajstić information content (AvgIpc) is 3.03. The Bertz CT molecular complexity index is 1020. The van der Waals surface area contributed by atoms with Gasteiger partial charge in [0.1, 0.15) is 11.6 Å². The van der Waals surface area contributed by atoms with Crippen LogP contribution in [-0.2, 0) is 6.42 Å². The summed E-state index contributed by atoms with van der Waals surface area (Å²) in [6.07, 6.45) is 0.769. The third-order valence-electron chi connectivity index (χ3n) is 4.12. The number of fused-ring (bicyclic) bond motifs is 3. The summed E-state index contributed by atoms with van der Waals surface area (Å²) >= 11 is 5.01. The molecule has 0 saturated heterocycles. The van der Waals surface area contributed by atoms with Gasteiger partial charge in [-0.2, -0.15) is 5.10 Å². The van der Waals surface area contributed by atoms with E-state index in [-0.39, 0.29) is 11.7 Å². The minimum Gasteiger partial charge on any atom is -0.492 e. The molecule has 0 N–H and O–H groups in total. The first-order valence-electron chi connectivity index (χ1n) is 8.06. The lowest BCUT2D eigenvalue weighted by Gasteiger charge is -2.07. The van der Waals surface area contributed by atoms with Crippen LogP contribution in [0.1, 0.15) is 30.6 Å². The van der Waals surface area contributed by atoms with Gasteiger partial charge < -0.3 is 4.74 Å². The predicted octanol–water partition coefficient (Wildman–Crippen LogP) is 3.74. The molecule has 2 aromatic heterocycles. The smallest absolute Gasteiger partial charge is 0.352 e. The molecule has 3 aromatic rings. The van der Waals surface area contributed by atoms with Gasteiger partial charge in [-0.1, -0.05) is 15.9 Å². The topological polar surface area (TPSA) is 61.9 Å². The number of nitrogens with zero attached hydrogens (tertiary/aromatic N) is 4. The number of aromatic nitrogens is 4. The molecule has 0 radical (unpaired) electrons. The van der Waals surface area contributed by atoms with E-state index >= 15 is 0 Å². The molecule has 0 amide bonds. The minimum absolute atomic E-state index is 0.0108. The Morgan fingerprint density at radius 1 is 1.36 bits per heavy atom. The van der Waals surface area contributed by atoms with Gasteiger partial charge in [0.25, 0.3) is 0 Å². The maximum Gasteiger partial charge on any atom is 0.352 e. The lowest BCUT2D eigenvalue weighted by molar-refractivity contribution is 0.327. The van der Waals surface area contributed by atoms with Crippen LogP contribution in [-0.4, -0.2) is 25.9 Å². The number of rotatable bonds is 2. The lowest BCUT2D eigenvalue weighted by Crippen LogP contribution is -2.25. The van der Waals surface area contributed by atoms with Crippen molar-refractivity contribution in [2.24, 2.45) is 0 Å². The van der Waals surface area contributed by atoms with E-state index in [2.05, 4.69) is 21.0 Å². The summed E-state index contributed by atoms with van der Waals surface area (Å²) in [6.45, 7) is 6.32. The van der Waals surface area contributed by atoms with E-state index in [0.717, 1.165) is 32.8 Å². The van der Waals surface area contributed by atoms with Crippen molar-refractivity contribution in [2.75, 3.05) is 6.61 Å². The van der Waals surface area contributed by atoms with Crippen LogP contribution in [0.5, 0.6) is 5.75 Å². The van der Waals surface area contributed by atoms with Crippen LogP contribution < -0.4 is 10.4 Å². The molecular formula is C17H17BrN4O2S. The summed E-state index contributed by atoms with van der Waals surface area (Å²) < 4.78 is 9.91. The Morgan fingerprint density at radius 2 is 2.16 bits per heavy atom. The van der Waals surface area contributed by atoms with Gasteiger partial charge in [-0.15, -0.1) is 11.3 Å². The molecular weight excluding hydrogens is 404 g/mol. The van der Waals surface area contributed by atoms with Crippen LogP contribution in [0.4, 0.5) is 0 Å². The molecule has 1 aliphatic rings. The van der Waals surface area contributed by atoms with Crippen LogP contribution >= 0.6 is 27.3 Å². The fourth-order valence-electron chi connectivity index (χ4n) is 2.92. The lowest BCUT2D eigenvalue weighted by atomic mass is 10.1. The molecule has 8 heteroatoms. The molecule has 0 spiro atoms. The quantitative estimate of drug-likeness (QED) is 0.633. The molecule has 0 bridgehead atoms. The molecule has 4 rings (SSSR count). The van der Waals surface area contributed by atoms with Crippen molar-refractivity contribution < 1.29 is 4.74 Å². The number of hydrogen-bond donors (Lipinski definition) is 0. The molecule has 130 valence electrons. The summed E-state index contributed by atoms with van der Waals surface area (Å²) in [5.41, 5.74) is 1.70. The normalized spacial score (nSPS) is 13.3. The highest BCUT2D eigenvalue weighted by molar-refractivity contribution is 9.10. The molecule has 1 aliphatic heterocycles. The maximum atomic E-state index is 12.7. The van der Waals surface area contributed by atoms with Gasteiger partial charge in [-0.3, -0.25) is 0 Å². The van der Waals surface area contributed by atoms with Crippen molar-refractivity contribution >= 4 is 27.3 Å². The average molecular weight is 421 g/mol. The highest BCUT2D eigenvalue weighted by Gasteiger charge is 2.23. The molecule has 6 nitrogen and oxygen atoms in total. The van der Waals surface area contributed by atoms with E-state index in [9.17, 15) is 4.79 Å². The summed E-state index contributed by atoms with van der Waals surface area (Å²) in [5, 5.41) is 5.03. The third kappa shape index (κ3) is 2.73. The second-order valence-electron chi connectivity index (χ2n) is 6.21. The van der Waals surface area contributed by atoms with Gasteiger partial charge >= 0.3 is 5.69 Å². The largest absolute Gasteiger partial charge is 0.492 e. The predicted molar refractivity (Wildman–Crippen MR) is 101 cm³/mol. The van der Waals surface area contributed by atoms with Crippen LogP contribution in [0.3, 0.4) is 0 Å². The third-order valence-corrected chi connectivity index (χ3v) is 5.71. The molecule has 25 heavy (non-hydrogen) atoms. The fourth-order valence-corrected chi connectivity index (χ4v) is 4.36. The Morgan fingerprint density at radius 3 is 2.88 bits per heavy atom. The SMILES string of the molecule is Cc1nn(C(C)C)c(=O)n1-c1nc2c(s1)CCOc1cc(Br)ccc1-2.